The van der Waals surface area contributed by atoms with Crippen molar-refractivity contribution in [2.45, 2.75) is 13.8 Å². The van der Waals surface area contributed by atoms with Crippen LogP contribution >= 0.6 is 11.3 Å². The molecule has 0 spiro atoms. The number of non-ortho nitro benzene ring substituents is 1. The van der Waals surface area contributed by atoms with Crippen molar-refractivity contribution in [3.63, 3.8) is 0 Å². The van der Waals surface area contributed by atoms with Crippen molar-refractivity contribution >= 4 is 34.1 Å². The molecular weight excluding hydrogens is 362 g/mol. The normalized spacial score (nSPS) is 10.9. The summed E-state index contributed by atoms with van der Waals surface area (Å²) in [5.41, 5.74) is 4.87. The summed E-state index contributed by atoms with van der Waals surface area (Å²) in [6, 6.07) is 12.1. The third-order valence-electron chi connectivity index (χ3n) is 3.93. The third-order valence-corrected chi connectivity index (χ3v) is 4.69. The second kappa shape index (κ2) is 7.92. The molecule has 3 rings (SSSR count). The molecule has 136 valence electrons. The lowest BCUT2D eigenvalue weighted by Crippen LogP contribution is -2.07. The maximum absolute atomic E-state index is 12.1. The Kier molecular flexibility index (Phi) is 5.42. The van der Waals surface area contributed by atoms with E-state index in [4.69, 9.17) is 0 Å². The molecule has 0 fully saturated rings. The maximum Gasteiger partial charge on any atom is 0.269 e. The average molecular weight is 379 g/mol. The van der Waals surface area contributed by atoms with Crippen molar-refractivity contribution in [2.75, 3.05) is 5.32 Å². The van der Waals surface area contributed by atoms with Gasteiger partial charge in [0.2, 0.25) is 5.91 Å². The number of nitrogens with one attached hydrogen (secondary N) is 1. The van der Waals surface area contributed by atoms with Crippen LogP contribution in [-0.2, 0) is 4.79 Å². The van der Waals surface area contributed by atoms with Crippen LogP contribution in [0.2, 0.25) is 0 Å². The molecule has 0 aliphatic heterocycles. The largest absolute Gasteiger partial charge is 0.298 e. The summed E-state index contributed by atoms with van der Waals surface area (Å²) in [4.78, 5) is 26.8. The van der Waals surface area contributed by atoms with Crippen LogP contribution in [-0.4, -0.2) is 15.8 Å². The summed E-state index contributed by atoms with van der Waals surface area (Å²) in [5.74, 6) is -0.310. The molecule has 7 heteroatoms. The molecule has 0 atom stereocenters. The van der Waals surface area contributed by atoms with E-state index >= 15 is 0 Å². The molecule has 0 bridgehead atoms. The minimum atomic E-state index is -0.462. The van der Waals surface area contributed by atoms with Crippen LogP contribution in [0.25, 0.3) is 17.3 Å². The van der Waals surface area contributed by atoms with Gasteiger partial charge in [-0.05, 0) is 49.2 Å². The second-order valence-electron chi connectivity index (χ2n) is 6.03. The fraction of sp³-hybridized carbons (Fsp3) is 0.100. The van der Waals surface area contributed by atoms with Gasteiger partial charge in [0.25, 0.3) is 5.69 Å². The van der Waals surface area contributed by atoms with Crippen molar-refractivity contribution < 1.29 is 9.72 Å². The lowest BCUT2D eigenvalue weighted by atomic mass is 10.0. The molecule has 6 nitrogen and oxygen atoms in total. The third kappa shape index (κ3) is 4.65. The molecule has 27 heavy (non-hydrogen) atoms. The Hall–Kier alpha value is -3.32. The summed E-state index contributed by atoms with van der Waals surface area (Å²) in [6.07, 6.45) is 2.97. The van der Waals surface area contributed by atoms with E-state index in [0.29, 0.717) is 10.7 Å². The standard InChI is InChI=1S/C20H17N3O3S/c1-13-3-4-14(2)17(11-13)18-12-27-20(21-18)22-19(24)10-7-15-5-8-16(9-6-15)23(25)26/h3-12H,1-2H3,(H,21,22,24)/b10-7+. The minimum absolute atomic E-state index is 0.0124. The lowest BCUT2D eigenvalue weighted by Gasteiger charge is -2.03. The number of nitro groups is 1. The predicted octanol–water partition coefficient (Wildman–Crippen LogP) is 4.99. The number of thiazole rings is 1. The number of benzene rings is 2. The molecule has 2 aromatic carbocycles. The van der Waals surface area contributed by atoms with Crippen LogP contribution in [0, 0.1) is 24.0 Å². The monoisotopic (exact) mass is 379 g/mol. The molecule has 0 radical (unpaired) electrons. The number of amides is 1. The van der Waals surface area contributed by atoms with Crippen molar-refractivity contribution in [2.24, 2.45) is 0 Å². The lowest BCUT2D eigenvalue weighted by molar-refractivity contribution is -0.384. The quantitative estimate of drug-likeness (QED) is 0.384. The highest BCUT2D eigenvalue weighted by Gasteiger charge is 2.09. The molecule has 1 N–H and O–H groups in total. The van der Waals surface area contributed by atoms with Gasteiger partial charge in [0.05, 0.1) is 10.6 Å². The smallest absolute Gasteiger partial charge is 0.269 e. The molecule has 0 saturated carbocycles. The Labute approximate surface area is 160 Å². The van der Waals surface area contributed by atoms with Crippen LogP contribution in [0.5, 0.6) is 0 Å². The Morgan fingerprint density at radius 3 is 2.63 bits per heavy atom. The number of nitro benzene ring substituents is 1. The van der Waals surface area contributed by atoms with E-state index in [1.165, 1.54) is 29.5 Å². The number of rotatable bonds is 5. The van der Waals surface area contributed by atoms with Gasteiger partial charge in [-0.15, -0.1) is 11.3 Å². The molecule has 0 saturated heterocycles. The van der Waals surface area contributed by atoms with Crippen LogP contribution < -0.4 is 5.32 Å². The maximum atomic E-state index is 12.1. The van der Waals surface area contributed by atoms with Crippen LogP contribution in [0.3, 0.4) is 0 Å². The first-order valence-corrected chi connectivity index (χ1v) is 9.07. The Morgan fingerprint density at radius 2 is 1.93 bits per heavy atom. The van der Waals surface area contributed by atoms with E-state index in [2.05, 4.69) is 28.5 Å². The number of anilines is 1. The first kappa shape index (κ1) is 18.5. The first-order chi connectivity index (χ1) is 12.9. The van der Waals surface area contributed by atoms with Gasteiger partial charge in [-0.2, -0.15) is 0 Å². The van der Waals surface area contributed by atoms with Gasteiger partial charge >= 0.3 is 0 Å². The summed E-state index contributed by atoms with van der Waals surface area (Å²) < 4.78 is 0. The molecular formula is C20H17N3O3S. The fourth-order valence-electron chi connectivity index (χ4n) is 2.49. The molecule has 0 aliphatic carbocycles. The topological polar surface area (TPSA) is 85.1 Å². The summed E-state index contributed by atoms with van der Waals surface area (Å²) in [7, 11) is 0. The molecule has 0 aliphatic rings. The Bertz CT molecular complexity index is 1020. The average Bonchev–Trinajstić information content (AvgIpc) is 3.10. The highest BCUT2D eigenvalue weighted by Crippen LogP contribution is 2.28. The zero-order valence-electron chi connectivity index (χ0n) is 14.8. The van der Waals surface area contributed by atoms with E-state index in [1.54, 1.807) is 18.2 Å². The zero-order valence-corrected chi connectivity index (χ0v) is 15.6. The van der Waals surface area contributed by atoms with Gasteiger partial charge in [0, 0.05) is 29.2 Å². The Morgan fingerprint density at radius 1 is 1.19 bits per heavy atom. The Balaban J connectivity index is 1.67. The summed E-state index contributed by atoms with van der Waals surface area (Å²) >= 11 is 1.36. The van der Waals surface area contributed by atoms with Gasteiger partial charge in [-0.1, -0.05) is 17.7 Å². The summed E-state index contributed by atoms with van der Waals surface area (Å²) in [5, 5.41) is 15.8. The van der Waals surface area contributed by atoms with Crippen LogP contribution in [0.15, 0.2) is 53.9 Å². The molecule has 1 heterocycles. The molecule has 1 amide bonds. The van der Waals surface area contributed by atoms with Crippen molar-refractivity contribution in [1.29, 1.82) is 0 Å². The van der Waals surface area contributed by atoms with Gasteiger partial charge in [-0.3, -0.25) is 20.2 Å². The first-order valence-electron chi connectivity index (χ1n) is 8.19. The van der Waals surface area contributed by atoms with E-state index in [1.807, 2.05) is 19.2 Å². The fourth-order valence-corrected chi connectivity index (χ4v) is 3.21. The van der Waals surface area contributed by atoms with E-state index in [9.17, 15) is 14.9 Å². The SMILES string of the molecule is Cc1ccc(C)c(-c2csc(NC(=O)/C=C/c3ccc([N+](=O)[O-])cc3)n2)c1. The van der Waals surface area contributed by atoms with Gasteiger partial charge < -0.3 is 0 Å². The number of hydrogen-bond acceptors (Lipinski definition) is 5. The number of carbonyl (C=O) groups excluding carboxylic acids is 1. The van der Waals surface area contributed by atoms with Crippen LogP contribution in [0.4, 0.5) is 10.8 Å². The van der Waals surface area contributed by atoms with E-state index < -0.39 is 4.92 Å². The number of carbonyl (C=O) groups is 1. The number of aromatic nitrogens is 1. The van der Waals surface area contributed by atoms with Gasteiger partial charge in [-0.25, -0.2) is 4.98 Å². The number of nitrogens with zero attached hydrogens (tertiary/aromatic N) is 2. The van der Waals surface area contributed by atoms with E-state index in [0.717, 1.165) is 22.4 Å². The highest BCUT2D eigenvalue weighted by atomic mass is 32.1. The van der Waals surface area contributed by atoms with Crippen LogP contribution in [0.1, 0.15) is 16.7 Å². The predicted molar refractivity (Wildman–Crippen MR) is 108 cm³/mol. The number of hydrogen-bond donors (Lipinski definition) is 1. The number of aryl methyl sites for hydroxylation is 2. The van der Waals surface area contributed by atoms with E-state index in [-0.39, 0.29) is 11.6 Å². The molecule has 3 aromatic rings. The van der Waals surface area contributed by atoms with Crippen molar-refractivity contribution in [3.05, 3.63) is 80.7 Å². The summed E-state index contributed by atoms with van der Waals surface area (Å²) in [6.45, 7) is 4.06. The van der Waals surface area contributed by atoms with Gasteiger partial charge in [0.1, 0.15) is 0 Å². The van der Waals surface area contributed by atoms with Crippen molar-refractivity contribution in [1.82, 2.24) is 4.98 Å². The molecule has 1 aromatic heterocycles. The minimum Gasteiger partial charge on any atom is -0.298 e. The second-order valence-corrected chi connectivity index (χ2v) is 6.89. The molecule has 0 unspecified atom stereocenters. The zero-order chi connectivity index (χ0) is 19.4. The van der Waals surface area contributed by atoms with Gasteiger partial charge in [0.15, 0.2) is 5.13 Å². The van der Waals surface area contributed by atoms with Crippen molar-refractivity contribution in [3.8, 4) is 11.3 Å². The highest BCUT2D eigenvalue weighted by molar-refractivity contribution is 7.14.